The first-order valence-corrected chi connectivity index (χ1v) is 7.11. The van der Waals surface area contributed by atoms with Gasteiger partial charge in [-0.05, 0) is 18.8 Å². The van der Waals surface area contributed by atoms with Gasteiger partial charge in [0.25, 0.3) is 0 Å². The van der Waals surface area contributed by atoms with Crippen LogP contribution >= 0.6 is 0 Å². The van der Waals surface area contributed by atoms with Crippen molar-refractivity contribution in [3.63, 3.8) is 0 Å². The highest BCUT2D eigenvalue weighted by Gasteiger charge is 2.33. The van der Waals surface area contributed by atoms with Crippen molar-refractivity contribution >= 4 is 0 Å². The molecular formula is C14H30N2O2. The lowest BCUT2D eigenvalue weighted by atomic mass is 9.82. The Morgan fingerprint density at radius 2 is 2.22 bits per heavy atom. The van der Waals surface area contributed by atoms with Gasteiger partial charge in [-0.15, -0.1) is 0 Å². The molecule has 2 N–H and O–H groups in total. The molecule has 0 aliphatic carbocycles. The standard InChI is InChI=1S/C14H30N2O2/c1-13(2)9-16(6-8-17-3)11-14(10-15)5-4-7-18-12-14/h13H,4-12,15H2,1-3H3. The van der Waals surface area contributed by atoms with E-state index in [-0.39, 0.29) is 5.41 Å². The average Bonchev–Trinajstić information content (AvgIpc) is 2.36. The van der Waals surface area contributed by atoms with Crippen LogP contribution in [-0.4, -0.2) is 58.0 Å². The van der Waals surface area contributed by atoms with Crippen LogP contribution in [-0.2, 0) is 9.47 Å². The fraction of sp³-hybridized carbons (Fsp3) is 1.00. The lowest BCUT2D eigenvalue weighted by Gasteiger charge is -2.40. The van der Waals surface area contributed by atoms with Crippen LogP contribution in [0.4, 0.5) is 0 Å². The Morgan fingerprint density at radius 1 is 1.44 bits per heavy atom. The zero-order chi connectivity index (χ0) is 13.4. The maximum atomic E-state index is 6.01. The first-order chi connectivity index (χ1) is 8.62. The summed E-state index contributed by atoms with van der Waals surface area (Å²) in [5.74, 6) is 0.668. The normalized spacial score (nSPS) is 25.0. The van der Waals surface area contributed by atoms with Crippen LogP contribution in [0.5, 0.6) is 0 Å². The van der Waals surface area contributed by atoms with Gasteiger partial charge in [0.15, 0.2) is 0 Å². The number of rotatable bonds is 8. The zero-order valence-electron chi connectivity index (χ0n) is 12.3. The molecule has 1 rings (SSSR count). The van der Waals surface area contributed by atoms with Crippen LogP contribution in [0.25, 0.3) is 0 Å². The number of ether oxygens (including phenoxy) is 2. The van der Waals surface area contributed by atoms with Crippen LogP contribution in [0.1, 0.15) is 26.7 Å². The summed E-state index contributed by atoms with van der Waals surface area (Å²) in [5.41, 5.74) is 6.16. The van der Waals surface area contributed by atoms with Crippen molar-refractivity contribution in [3.8, 4) is 0 Å². The summed E-state index contributed by atoms with van der Waals surface area (Å²) >= 11 is 0. The maximum Gasteiger partial charge on any atom is 0.0589 e. The van der Waals surface area contributed by atoms with Gasteiger partial charge in [0.1, 0.15) is 0 Å². The van der Waals surface area contributed by atoms with Crippen molar-refractivity contribution < 1.29 is 9.47 Å². The minimum absolute atomic E-state index is 0.154. The molecule has 1 unspecified atom stereocenters. The molecule has 0 spiro atoms. The molecule has 4 heteroatoms. The molecule has 4 nitrogen and oxygen atoms in total. The molecular weight excluding hydrogens is 228 g/mol. The fourth-order valence-corrected chi connectivity index (χ4v) is 2.71. The first kappa shape index (κ1) is 15.9. The molecule has 1 aliphatic heterocycles. The highest BCUT2D eigenvalue weighted by Crippen LogP contribution is 2.28. The van der Waals surface area contributed by atoms with Gasteiger partial charge < -0.3 is 20.1 Å². The van der Waals surface area contributed by atoms with E-state index in [9.17, 15) is 0 Å². The topological polar surface area (TPSA) is 47.7 Å². The minimum atomic E-state index is 0.154. The van der Waals surface area contributed by atoms with Gasteiger partial charge in [0, 0.05) is 45.3 Å². The lowest BCUT2D eigenvalue weighted by Crippen LogP contribution is -2.49. The zero-order valence-corrected chi connectivity index (χ0v) is 12.3. The van der Waals surface area contributed by atoms with Crippen LogP contribution in [0.15, 0.2) is 0 Å². The summed E-state index contributed by atoms with van der Waals surface area (Å²) < 4.78 is 10.9. The van der Waals surface area contributed by atoms with Crippen LogP contribution in [0, 0.1) is 11.3 Å². The highest BCUT2D eigenvalue weighted by atomic mass is 16.5. The smallest absolute Gasteiger partial charge is 0.0589 e. The van der Waals surface area contributed by atoms with Crippen molar-refractivity contribution in [2.24, 2.45) is 17.1 Å². The monoisotopic (exact) mass is 258 g/mol. The van der Waals surface area contributed by atoms with E-state index in [0.717, 1.165) is 45.9 Å². The van der Waals surface area contributed by atoms with Crippen LogP contribution in [0.2, 0.25) is 0 Å². The van der Waals surface area contributed by atoms with Crippen molar-refractivity contribution in [3.05, 3.63) is 0 Å². The average molecular weight is 258 g/mol. The summed E-state index contributed by atoms with van der Waals surface area (Å²) in [7, 11) is 1.76. The number of methoxy groups -OCH3 is 1. The molecule has 0 aromatic heterocycles. The maximum absolute atomic E-state index is 6.01. The third-order valence-electron chi connectivity index (χ3n) is 3.63. The van der Waals surface area contributed by atoms with Gasteiger partial charge in [-0.2, -0.15) is 0 Å². The molecule has 18 heavy (non-hydrogen) atoms. The number of hydrogen-bond donors (Lipinski definition) is 1. The van der Waals surface area contributed by atoms with Gasteiger partial charge in [-0.3, -0.25) is 0 Å². The summed E-state index contributed by atoms with van der Waals surface area (Å²) in [5, 5.41) is 0. The summed E-state index contributed by atoms with van der Waals surface area (Å²) in [4.78, 5) is 2.48. The third-order valence-corrected chi connectivity index (χ3v) is 3.63. The van der Waals surface area contributed by atoms with Crippen molar-refractivity contribution in [1.82, 2.24) is 4.90 Å². The minimum Gasteiger partial charge on any atom is -0.383 e. The first-order valence-electron chi connectivity index (χ1n) is 7.11. The SMILES string of the molecule is COCCN(CC(C)C)CC1(CN)CCCOC1. The molecule has 1 atom stereocenters. The van der Waals surface area contributed by atoms with Crippen LogP contribution < -0.4 is 5.73 Å². The van der Waals surface area contributed by atoms with E-state index < -0.39 is 0 Å². The molecule has 0 radical (unpaired) electrons. The largest absolute Gasteiger partial charge is 0.383 e. The molecule has 0 bridgehead atoms. The Morgan fingerprint density at radius 3 is 2.72 bits per heavy atom. The van der Waals surface area contributed by atoms with Gasteiger partial charge in [0.05, 0.1) is 13.2 Å². The van der Waals surface area contributed by atoms with Gasteiger partial charge in [-0.25, -0.2) is 0 Å². The quantitative estimate of drug-likeness (QED) is 0.714. The van der Waals surface area contributed by atoms with E-state index in [1.54, 1.807) is 7.11 Å². The Balaban J connectivity index is 2.54. The highest BCUT2D eigenvalue weighted by molar-refractivity contribution is 4.86. The van der Waals surface area contributed by atoms with Crippen molar-refractivity contribution in [2.45, 2.75) is 26.7 Å². The van der Waals surface area contributed by atoms with E-state index in [1.165, 1.54) is 6.42 Å². The number of nitrogens with two attached hydrogens (primary N) is 1. The number of hydrogen-bond acceptors (Lipinski definition) is 4. The van der Waals surface area contributed by atoms with E-state index in [1.807, 2.05) is 0 Å². The molecule has 1 aliphatic rings. The fourth-order valence-electron chi connectivity index (χ4n) is 2.71. The molecule has 0 saturated carbocycles. The van der Waals surface area contributed by atoms with E-state index in [4.69, 9.17) is 15.2 Å². The van der Waals surface area contributed by atoms with Crippen molar-refractivity contribution in [1.29, 1.82) is 0 Å². The van der Waals surface area contributed by atoms with Gasteiger partial charge in [0.2, 0.25) is 0 Å². The molecule has 1 heterocycles. The van der Waals surface area contributed by atoms with Crippen LogP contribution in [0.3, 0.4) is 0 Å². The second-order valence-corrected chi connectivity index (χ2v) is 5.98. The summed E-state index contributed by atoms with van der Waals surface area (Å²) in [6.45, 7) is 10.8. The molecule has 0 aromatic carbocycles. The molecule has 0 amide bonds. The summed E-state index contributed by atoms with van der Waals surface area (Å²) in [6.07, 6.45) is 2.32. The number of nitrogens with zero attached hydrogens (tertiary/aromatic N) is 1. The Bertz CT molecular complexity index is 216. The second kappa shape index (κ2) is 8.10. The van der Waals surface area contributed by atoms with E-state index >= 15 is 0 Å². The van der Waals surface area contributed by atoms with E-state index in [0.29, 0.717) is 12.5 Å². The Hall–Kier alpha value is -0.160. The lowest BCUT2D eigenvalue weighted by molar-refractivity contribution is -0.0262. The molecule has 1 fully saturated rings. The summed E-state index contributed by atoms with van der Waals surface area (Å²) in [6, 6.07) is 0. The molecule has 108 valence electrons. The molecule has 1 saturated heterocycles. The third kappa shape index (κ3) is 5.22. The molecule has 0 aromatic rings. The van der Waals surface area contributed by atoms with Crippen molar-refractivity contribution in [2.75, 3.05) is 53.1 Å². The second-order valence-electron chi connectivity index (χ2n) is 5.98. The predicted molar refractivity (Wildman–Crippen MR) is 74.7 cm³/mol. The Kier molecular flexibility index (Phi) is 7.15. The predicted octanol–water partition coefficient (Wildman–Crippen LogP) is 1.35. The van der Waals surface area contributed by atoms with Gasteiger partial charge in [-0.1, -0.05) is 13.8 Å². The van der Waals surface area contributed by atoms with Gasteiger partial charge >= 0.3 is 0 Å². The Labute approximate surface area is 112 Å². The van der Waals surface area contributed by atoms with E-state index in [2.05, 4.69) is 18.7 Å².